The molecule has 246 valence electrons. The van der Waals surface area contributed by atoms with Crippen LogP contribution in [0, 0.1) is 12.3 Å². The molecule has 46 heavy (non-hydrogen) atoms. The van der Waals surface area contributed by atoms with Gasteiger partial charge < -0.3 is 24.4 Å². The maximum Gasteiger partial charge on any atom is 0.335 e. The van der Waals surface area contributed by atoms with Crippen molar-refractivity contribution in [1.82, 2.24) is 4.90 Å². The van der Waals surface area contributed by atoms with Crippen molar-refractivity contribution in [2.75, 3.05) is 36.5 Å². The SMILES string of the molecule is CCOP(=O)(Cc1ccc(NC(=O)CC2(CC(=O)O)CN(Cc3ccc(Cl)cc3Cl)C(=O)N(c3ccc(C)cc3)C2)cc1)OCC. The Bertz CT molecular complexity index is 1590. The number of aliphatic carboxylic acids is 1. The first-order chi connectivity index (χ1) is 21.8. The van der Waals surface area contributed by atoms with Crippen LogP contribution in [0.3, 0.4) is 0 Å². The summed E-state index contributed by atoms with van der Waals surface area (Å²) < 4.78 is 23.7. The molecule has 1 atom stereocenters. The molecular formula is C33H38Cl2N3O7P. The second-order valence-electron chi connectivity index (χ2n) is 11.4. The number of amides is 3. The average molecular weight is 691 g/mol. The van der Waals surface area contributed by atoms with Crippen molar-refractivity contribution < 1.29 is 33.1 Å². The number of hydrogen-bond acceptors (Lipinski definition) is 6. The highest BCUT2D eigenvalue weighted by Gasteiger charge is 2.46. The summed E-state index contributed by atoms with van der Waals surface area (Å²) in [6.07, 6.45) is -0.448. The quantitative estimate of drug-likeness (QED) is 0.164. The van der Waals surface area contributed by atoms with E-state index >= 15 is 0 Å². The fourth-order valence-electron chi connectivity index (χ4n) is 5.59. The fraction of sp³-hybridized carbons (Fsp3) is 0.364. The summed E-state index contributed by atoms with van der Waals surface area (Å²) in [5.74, 6) is -1.50. The van der Waals surface area contributed by atoms with E-state index in [0.29, 0.717) is 32.5 Å². The van der Waals surface area contributed by atoms with Crippen molar-refractivity contribution in [2.24, 2.45) is 5.41 Å². The number of rotatable bonds is 14. The molecule has 3 amide bonds. The molecule has 0 bridgehead atoms. The number of aryl methyl sites for hydroxylation is 1. The smallest absolute Gasteiger partial charge is 0.335 e. The highest BCUT2D eigenvalue weighted by atomic mass is 35.5. The van der Waals surface area contributed by atoms with Crippen LogP contribution in [-0.4, -0.2) is 54.2 Å². The first kappa shape index (κ1) is 35.5. The lowest BCUT2D eigenvalue weighted by Crippen LogP contribution is -2.59. The number of carboxylic acids is 1. The molecule has 0 aromatic heterocycles. The number of benzene rings is 3. The Labute approximate surface area is 279 Å². The van der Waals surface area contributed by atoms with Crippen LogP contribution in [0.5, 0.6) is 0 Å². The third kappa shape index (κ3) is 9.33. The summed E-state index contributed by atoms with van der Waals surface area (Å²) in [5.41, 5.74) is 2.27. The van der Waals surface area contributed by atoms with E-state index in [1.165, 1.54) is 9.80 Å². The molecule has 0 aliphatic carbocycles. The summed E-state index contributed by atoms with van der Waals surface area (Å²) in [7, 11) is -3.30. The summed E-state index contributed by atoms with van der Waals surface area (Å²) in [6.45, 7) is 6.04. The van der Waals surface area contributed by atoms with E-state index in [1.807, 2.05) is 19.1 Å². The Morgan fingerprint density at radius 2 is 1.61 bits per heavy atom. The third-order valence-corrected chi connectivity index (χ3v) is 10.2. The molecule has 0 radical (unpaired) electrons. The molecule has 10 nitrogen and oxygen atoms in total. The minimum atomic E-state index is -3.30. The lowest BCUT2D eigenvalue weighted by molar-refractivity contribution is -0.140. The van der Waals surface area contributed by atoms with Crippen molar-refractivity contribution in [3.05, 3.63) is 93.5 Å². The Hall–Kier alpha value is -3.40. The first-order valence-electron chi connectivity index (χ1n) is 14.9. The topological polar surface area (TPSA) is 125 Å². The van der Waals surface area contributed by atoms with Gasteiger partial charge in [-0.15, -0.1) is 0 Å². The average Bonchev–Trinajstić information content (AvgIpc) is 2.97. The minimum Gasteiger partial charge on any atom is -0.481 e. The zero-order valence-electron chi connectivity index (χ0n) is 26.0. The number of carboxylic acid groups (broad SMARTS) is 1. The molecule has 3 aromatic rings. The van der Waals surface area contributed by atoms with Crippen molar-refractivity contribution >= 4 is 60.1 Å². The lowest BCUT2D eigenvalue weighted by Gasteiger charge is -2.47. The Morgan fingerprint density at radius 3 is 2.20 bits per heavy atom. The lowest BCUT2D eigenvalue weighted by atomic mass is 9.78. The predicted molar refractivity (Wildman–Crippen MR) is 180 cm³/mol. The molecule has 13 heteroatoms. The van der Waals surface area contributed by atoms with Gasteiger partial charge in [-0.3, -0.25) is 19.1 Å². The zero-order chi connectivity index (χ0) is 33.5. The monoisotopic (exact) mass is 689 g/mol. The Kier molecular flexibility index (Phi) is 11.9. The Morgan fingerprint density at radius 1 is 0.957 bits per heavy atom. The molecule has 1 saturated heterocycles. The van der Waals surface area contributed by atoms with Crippen LogP contribution in [0.15, 0.2) is 66.7 Å². The highest BCUT2D eigenvalue weighted by Crippen LogP contribution is 2.51. The summed E-state index contributed by atoms with van der Waals surface area (Å²) in [4.78, 5) is 42.7. The van der Waals surface area contributed by atoms with Gasteiger partial charge in [0.2, 0.25) is 5.91 Å². The molecule has 0 saturated carbocycles. The number of urea groups is 1. The van der Waals surface area contributed by atoms with Gasteiger partial charge in [0.15, 0.2) is 0 Å². The van der Waals surface area contributed by atoms with E-state index in [9.17, 15) is 24.1 Å². The van der Waals surface area contributed by atoms with Gasteiger partial charge in [0, 0.05) is 52.9 Å². The van der Waals surface area contributed by atoms with E-state index in [2.05, 4.69) is 5.32 Å². The molecule has 1 heterocycles. The number of halogens is 2. The van der Waals surface area contributed by atoms with Crippen LogP contribution in [0.4, 0.5) is 16.2 Å². The van der Waals surface area contributed by atoms with Gasteiger partial charge in [-0.1, -0.05) is 59.1 Å². The fourth-order valence-corrected chi connectivity index (χ4v) is 7.76. The number of carbonyl (C=O) groups excluding carboxylic acids is 2. The van der Waals surface area contributed by atoms with Crippen molar-refractivity contribution in [1.29, 1.82) is 0 Å². The molecule has 2 N–H and O–H groups in total. The molecule has 4 rings (SSSR count). The van der Waals surface area contributed by atoms with Gasteiger partial charge in [0.1, 0.15) is 0 Å². The summed E-state index contributed by atoms with van der Waals surface area (Å²) >= 11 is 12.5. The van der Waals surface area contributed by atoms with Crippen LogP contribution in [0.2, 0.25) is 10.0 Å². The predicted octanol–water partition coefficient (Wildman–Crippen LogP) is 8.00. The third-order valence-electron chi connectivity index (χ3n) is 7.57. The van der Waals surface area contributed by atoms with Crippen molar-refractivity contribution in [2.45, 2.75) is 46.3 Å². The van der Waals surface area contributed by atoms with Gasteiger partial charge in [-0.25, -0.2) is 4.79 Å². The van der Waals surface area contributed by atoms with Gasteiger partial charge in [0.05, 0.1) is 25.8 Å². The maximum atomic E-state index is 13.9. The molecule has 1 fully saturated rings. The number of carbonyl (C=O) groups is 3. The van der Waals surface area contributed by atoms with Crippen LogP contribution in [-0.2, 0) is 35.9 Å². The molecule has 1 aliphatic heterocycles. The normalized spacial score (nSPS) is 16.8. The second-order valence-corrected chi connectivity index (χ2v) is 14.3. The van der Waals surface area contributed by atoms with Gasteiger partial charge >= 0.3 is 19.6 Å². The molecule has 1 aliphatic rings. The largest absolute Gasteiger partial charge is 0.481 e. The number of nitrogens with one attached hydrogen (secondary N) is 1. The van der Waals surface area contributed by atoms with Crippen LogP contribution in [0.1, 0.15) is 43.4 Å². The van der Waals surface area contributed by atoms with E-state index in [-0.39, 0.29) is 57.9 Å². The van der Waals surface area contributed by atoms with Crippen LogP contribution < -0.4 is 10.2 Å². The van der Waals surface area contributed by atoms with Gasteiger partial charge in [-0.2, -0.15) is 0 Å². The summed E-state index contributed by atoms with van der Waals surface area (Å²) in [5, 5.41) is 13.7. The first-order valence-corrected chi connectivity index (χ1v) is 17.4. The molecule has 1 unspecified atom stereocenters. The number of anilines is 2. The van der Waals surface area contributed by atoms with E-state index in [0.717, 1.165) is 5.56 Å². The Balaban J connectivity index is 1.59. The van der Waals surface area contributed by atoms with E-state index < -0.39 is 24.9 Å². The highest BCUT2D eigenvalue weighted by molar-refractivity contribution is 7.53. The van der Waals surface area contributed by atoms with Crippen LogP contribution >= 0.6 is 30.8 Å². The number of nitrogens with zero attached hydrogens (tertiary/aromatic N) is 2. The van der Waals surface area contributed by atoms with E-state index in [4.69, 9.17) is 32.2 Å². The van der Waals surface area contributed by atoms with Gasteiger partial charge in [-0.05, 0) is 68.3 Å². The standard InChI is InChI=1S/C33H38Cl2N3O7P/c1-4-44-46(43,45-5-2)20-24-8-12-27(13-9-24)36-30(39)17-33(18-31(40)41)21-37(19-25-10-11-26(34)16-29(25)35)32(42)38(22-33)28-14-6-23(3)7-15-28/h6-16H,4-5,17-22H2,1-3H3,(H,36,39)(H,40,41). The minimum absolute atomic E-state index is 0.00987. The zero-order valence-corrected chi connectivity index (χ0v) is 28.4. The second kappa shape index (κ2) is 15.5. The van der Waals surface area contributed by atoms with Crippen molar-refractivity contribution in [3.63, 3.8) is 0 Å². The maximum absolute atomic E-state index is 13.9. The molecular weight excluding hydrogens is 652 g/mol. The van der Waals surface area contributed by atoms with Gasteiger partial charge in [0.25, 0.3) is 0 Å². The summed E-state index contributed by atoms with van der Waals surface area (Å²) in [6, 6.07) is 18.8. The number of hydrogen-bond donors (Lipinski definition) is 2. The van der Waals surface area contributed by atoms with Crippen molar-refractivity contribution in [3.8, 4) is 0 Å². The van der Waals surface area contributed by atoms with E-state index in [1.54, 1.807) is 68.4 Å². The molecule has 3 aromatic carbocycles. The van der Waals surface area contributed by atoms with Crippen LogP contribution in [0.25, 0.3) is 0 Å². The molecule has 0 spiro atoms.